The average molecular weight is 369 g/mol. The van der Waals surface area contributed by atoms with Gasteiger partial charge in [-0.25, -0.2) is 4.79 Å². The van der Waals surface area contributed by atoms with Gasteiger partial charge in [-0.05, 0) is 43.2 Å². The summed E-state index contributed by atoms with van der Waals surface area (Å²) >= 11 is 5.90. The Balaban J connectivity index is 1.74. The average Bonchev–Trinajstić information content (AvgIpc) is 3.23. The van der Waals surface area contributed by atoms with E-state index in [4.69, 9.17) is 17.0 Å². The van der Waals surface area contributed by atoms with E-state index in [9.17, 15) is 4.79 Å². The van der Waals surface area contributed by atoms with Gasteiger partial charge < -0.3 is 15.0 Å². The Morgan fingerprint density at radius 1 is 1.42 bits per heavy atom. The van der Waals surface area contributed by atoms with E-state index < -0.39 is 0 Å². The second kappa shape index (κ2) is 5.56. The number of methoxy groups -OCH3 is 1. The number of carbonyl (C=O) groups is 1. The van der Waals surface area contributed by atoms with E-state index >= 15 is 0 Å². The smallest absolute Gasteiger partial charge is 0.335 e. The fraction of sp³-hybridized carbons (Fsp3) is 0.524. The number of thiocarbonyl (C=S) groups is 1. The SMILES string of the molecule is CC[C@H]1C[C@H]2CC(C(=O)OC)=C3Nc4ccccc4[C@@]34CCN(C1=S)[C@@H]24. The highest BCUT2D eigenvalue weighted by atomic mass is 32.1. The third-order valence-electron chi connectivity index (χ3n) is 7.06. The summed E-state index contributed by atoms with van der Waals surface area (Å²) in [6, 6.07) is 8.87. The van der Waals surface area contributed by atoms with E-state index in [1.807, 2.05) is 0 Å². The highest BCUT2D eigenvalue weighted by Crippen LogP contribution is 2.61. The van der Waals surface area contributed by atoms with Crippen LogP contribution in [0.15, 0.2) is 35.5 Å². The molecule has 1 spiro atoms. The minimum absolute atomic E-state index is 0.147. The van der Waals surface area contributed by atoms with Crippen LogP contribution >= 0.6 is 12.2 Å². The zero-order valence-corrected chi connectivity index (χ0v) is 16.1. The molecule has 3 heterocycles. The highest BCUT2D eigenvalue weighted by Gasteiger charge is 2.63. The van der Waals surface area contributed by atoms with Crippen molar-refractivity contribution in [1.82, 2.24) is 4.90 Å². The molecule has 1 aromatic rings. The number of esters is 1. The first-order valence-electron chi connectivity index (χ1n) is 9.60. The second-order valence-electron chi connectivity index (χ2n) is 8.02. The Bertz CT molecular complexity index is 848. The van der Waals surface area contributed by atoms with Crippen LogP contribution in [0.25, 0.3) is 0 Å². The first kappa shape index (κ1) is 16.3. The molecule has 1 aromatic carbocycles. The van der Waals surface area contributed by atoms with Gasteiger partial charge in [-0.1, -0.05) is 37.3 Å². The third kappa shape index (κ3) is 1.85. The summed E-state index contributed by atoms with van der Waals surface area (Å²) in [6.45, 7) is 3.20. The van der Waals surface area contributed by atoms with Crippen molar-refractivity contribution in [2.45, 2.75) is 44.1 Å². The van der Waals surface area contributed by atoms with Crippen LogP contribution in [0.1, 0.15) is 38.2 Å². The van der Waals surface area contributed by atoms with E-state index in [-0.39, 0.29) is 11.4 Å². The summed E-state index contributed by atoms with van der Waals surface area (Å²) in [5.74, 6) is 0.712. The Morgan fingerprint density at radius 3 is 3.00 bits per heavy atom. The number of piperidine rings is 1. The number of anilines is 1. The van der Waals surface area contributed by atoms with Crippen molar-refractivity contribution < 1.29 is 9.53 Å². The van der Waals surface area contributed by atoms with Crippen LogP contribution in [0.3, 0.4) is 0 Å². The van der Waals surface area contributed by atoms with Crippen molar-refractivity contribution in [2.75, 3.05) is 19.0 Å². The molecule has 4 atom stereocenters. The number of nitrogens with one attached hydrogen (secondary N) is 1. The van der Waals surface area contributed by atoms with Gasteiger partial charge in [0.15, 0.2) is 0 Å². The fourth-order valence-electron chi connectivity index (χ4n) is 6.07. The van der Waals surface area contributed by atoms with E-state index in [0.29, 0.717) is 17.9 Å². The van der Waals surface area contributed by atoms with Crippen molar-refractivity contribution in [3.8, 4) is 0 Å². The molecule has 4 aliphatic rings. The van der Waals surface area contributed by atoms with Crippen LogP contribution in [-0.4, -0.2) is 35.6 Å². The number of rotatable bonds is 2. The molecule has 0 aromatic heterocycles. The van der Waals surface area contributed by atoms with Gasteiger partial charge in [-0.15, -0.1) is 0 Å². The largest absolute Gasteiger partial charge is 0.466 e. The fourth-order valence-corrected chi connectivity index (χ4v) is 6.53. The lowest BCUT2D eigenvalue weighted by Gasteiger charge is -2.51. The molecule has 2 fully saturated rings. The summed E-state index contributed by atoms with van der Waals surface area (Å²) in [5, 5.41) is 3.60. The topological polar surface area (TPSA) is 41.6 Å². The zero-order valence-electron chi connectivity index (χ0n) is 15.2. The predicted molar refractivity (Wildman–Crippen MR) is 105 cm³/mol. The molecule has 0 radical (unpaired) electrons. The lowest BCUT2D eigenvalue weighted by atomic mass is 9.60. The van der Waals surface area contributed by atoms with E-state index in [0.717, 1.165) is 54.2 Å². The first-order chi connectivity index (χ1) is 12.6. The number of hydrogen-bond acceptors (Lipinski definition) is 4. The van der Waals surface area contributed by atoms with E-state index in [2.05, 4.69) is 41.4 Å². The molecular weight excluding hydrogens is 344 g/mol. The summed E-state index contributed by atoms with van der Waals surface area (Å²) in [7, 11) is 1.49. The van der Waals surface area contributed by atoms with Crippen molar-refractivity contribution in [3.05, 3.63) is 41.1 Å². The number of carbonyl (C=O) groups excluding carboxylic acids is 1. The predicted octanol–water partition coefficient (Wildman–Crippen LogP) is 3.63. The van der Waals surface area contributed by atoms with Crippen molar-refractivity contribution in [1.29, 1.82) is 0 Å². The molecule has 2 saturated heterocycles. The number of para-hydroxylation sites is 1. The van der Waals surface area contributed by atoms with Gasteiger partial charge in [0.25, 0.3) is 0 Å². The van der Waals surface area contributed by atoms with Crippen LogP contribution in [0, 0.1) is 11.8 Å². The normalized spacial score (nSPS) is 34.2. The van der Waals surface area contributed by atoms with Crippen LogP contribution in [0.2, 0.25) is 0 Å². The standard InChI is InChI=1S/C21H24N2O2S/c1-3-12-10-13-11-14(20(24)25-2)17-21(8-9-23(18(13)21)19(12)26)15-6-4-5-7-16(15)22-17/h4-7,12-13,18,22H,3,8-11H2,1-2H3/t12-,13-,18-,21-/m0/s1. The molecule has 26 heavy (non-hydrogen) atoms. The Hall–Kier alpha value is -1.88. The molecule has 4 nitrogen and oxygen atoms in total. The minimum Gasteiger partial charge on any atom is -0.466 e. The molecule has 136 valence electrons. The number of hydrogen-bond donors (Lipinski definition) is 1. The van der Waals surface area contributed by atoms with Gasteiger partial charge in [0.1, 0.15) is 0 Å². The molecule has 5 heteroatoms. The molecule has 5 rings (SSSR count). The summed E-state index contributed by atoms with van der Waals surface area (Å²) in [6.07, 6.45) is 3.94. The third-order valence-corrected chi connectivity index (χ3v) is 7.63. The van der Waals surface area contributed by atoms with Gasteiger partial charge in [0.2, 0.25) is 0 Å². The zero-order chi connectivity index (χ0) is 18.1. The van der Waals surface area contributed by atoms with Gasteiger partial charge >= 0.3 is 5.97 Å². The quantitative estimate of drug-likeness (QED) is 0.638. The molecule has 0 saturated carbocycles. The molecule has 0 bridgehead atoms. The van der Waals surface area contributed by atoms with Crippen molar-refractivity contribution in [3.63, 3.8) is 0 Å². The maximum atomic E-state index is 12.7. The second-order valence-corrected chi connectivity index (χ2v) is 8.44. The van der Waals surface area contributed by atoms with Crippen LogP contribution in [-0.2, 0) is 14.9 Å². The van der Waals surface area contributed by atoms with Crippen molar-refractivity contribution >= 4 is 28.9 Å². The maximum Gasteiger partial charge on any atom is 0.335 e. The summed E-state index contributed by atoms with van der Waals surface area (Å²) < 4.78 is 5.18. The Morgan fingerprint density at radius 2 is 2.23 bits per heavy atom. The Labute approximate surface area is 159 Å². The number of benzene rings is 1. The number of ether oxygens (including phenoxy) is 1. The van der Waals surface area contributed by atoms with Crippen molar-refractivity contribution in [2.24, 2.45) is 11.8 Å². The van der Waals surface area contributed by atoms with Crippen LogP contribution in [0.5, 0.6) is 0 Å². The van der Waals surface area contributed by atoms with E-state index in [1.165, 1.54) is 12.7 Å². The van der Waals surface area contributed by atoms with Gasteiger partial charge in [0, 0.05) is 29.9 Å². The Kier molecular flexibility index (Phi) is 3.48. The summed E-state index contributed by atoms with van der Waals surface area (Å²) in [4.78, 5) is 16.3. The van der Waals surface area contributed by atoms with Gasteiger partial charge in [-0.2, -0.15) is 0 Å². The molecule has 1 N–H and O–H groups in total. The number of fused-ring (bicyclic) bond motifs is 1. The van der Waals surface area contributed by atoms with Crippen LogP contribution < -0.4 is 5.32 Å². The lowest BCUT2D eigenvalue weighted by molar-refractivity contribution is -0.136. The van der Waals surface area contributed by atoms with Crippen LogP contribution in [0.4, 0.5) is 5.69 Å². The maximum absolute atomic E-state index is 12.7. The lowest BCUT2D eigenvalue weighted by Crippen LogP contribution is -2.57. The van der Waals surface area contributed by atoms with E-state index in [1.54, 1.807) is 0 Å². The molecule has 0 unspecified atom stereocenters. The van der Waals surface area contributed by atoms with Gasteiger partial charge in [0.05, 0.1) is 23.1 Å². The highest BCUT2D eigenvalue weighted by molar-refractivity contribution is 7.80. The van der Waals surface area contributed by atoms with Gasteiger partial charge in [-0.3, -0.25) is 0 Å². The molecule has 3 aliphatic heterocycles. The first-order valence-corrected chi connectivity index (χ1v) is 10.0. The monoisotopic (exact) mass is 368 g/mol. The summed E-state index contributed by atoms with van der Waals surface area (Å²) in [5.41, 5.74) is 4.23. The molecule has 1 aliphatic carbocycles. The number of nitrogens with zero attached hydrogens (tertiary/aromatic N) is 1. The minimum atomic E-state index is -0.183. The molecule has 0 amide bonds. The molecular formula is C21H24N2O2S.